The highest BCUT2D eigenvalue weighted by Gasteiger charge is 2.79. The zero-order chi connectivity index (χ0) is 28.5. The lowest BCUT2D eigenvalue weighted by molar-refractivity contribution is -0.328. The molecule has 10 nitrogen and oxygen atoms in total. The van der Waals surface area contributed by atoms with Crippen molar-refractivity contribution in [2.45, 2.75) is 114 Å². The Labute approximate surface area is 225 Å². The zero-order valence-corrected chi connectivity index (χ0v) is 23.5. The number of fused-ring (bicyclic) bond motifs is 5. The van der Waals surface area contributed by atoms with E-state index in [1.807, 2.05) is 20.8 Å². The molecule has 0 aromatic carbocycles. The predicted octanol–water partition coefficient (Wildman–Crippen LogP) is 1.33. The largest absolute Gasteiger partial charge is 0.397 e. The lowest BCUT2D eigenvalue weighted by Crippen LogP contribution is -2.77. The molecule has 0 heterocycles. The van der Waals surface area contributed by atoms with Crippen LogP contribution < -0.4 is 0 Å². The van der Waals surface area contributed by atoms with Crippen molar-refractivity contribution in [2.75, 3.05) is 6.61 Å². The van der Waals surface area contributed by atoms with E-state index in [4.69, 9.17) is 4.18 Å². The monoisotopic (exact) mass is 562 g/mol. The minimum atomic E-state index is -4.98. The number of aliphatic hydroxyl groups excluding tert-OH is 4. The first kappa shape index (κ1) is 30.3. The van der Waals surface area contributed by atoms with Crippen molar-refractivity contribution in [2.24, 2.45) is 34.5 Å². The molecule has 4 fully saturated rings. The summed E-state index contributed by atoms with van der Waals surface area (Å²) in [5, 5.41) is 66.3. The van der Waals surface area contributed by atoms with Gasteiger partial charge in [0.15, 0.2) is 0 Å². The third kappa shape index (κ3) is 4.50. The third-order valence-corrected chi connectivity index (χ3v) is 12.0. The summed E-state index contributed by atoms with van der Waals surface area (Å²) < 4.78 is 38.7. The van der Waals surface area contributed by atoms with Crippen LogP contribution >= 0.6 is 0 Å². The maximum Gasteiger partial charge on any atom is 0.397 e. The smallest absolute Gasteiger partial charge is 0.393 e. The molecule has 7 N–H and O–H groups in total. The molecular formula is C27H46O10S. The Kier molecular flexibility index (Phi) is 8.00. The highest BCUT2D eigenvalue weighted by molar-refractivity contribution is 7.80. The fourth-order valence-corrected chi connectivity index (χ4v) is 9.97. The van der Waals surface area contributed by atoms with Crippen LogP contribution in [0.1, 0.15) is 78.6 Å². The lowest BCUT2D eigenvalue weighted by Gasteiger charge is -2.68. The molecule has 220 valence electrons. The minimum Gasteiger partial charge on any atom is -0.393 e. The molecule has 4 aliphatic rings. The second kappa shape index (κ2) is 10.0. The molecule has 0 bridgehead atoms. The third-order valence-electron chi connectivity index (χ3n) is 11.5. The Bertz CT molecular complexity index is 1020. The van der Waals surface area contributed by atoms with Crippen LogP contribution in [0.2, 0.25) is 0 Å². The molecule has 2 unspecified atom stereocenters. The SMILES string of the molecule is C=C(CO)C(O)CC[C@@H](C)[C@H]1C[C@H](OS(=O)(=O)O)[C@@]2(O)[C@]3(O)C[C@H](O)[C@H]4C[C@@H](O)CC[C@]4(C)C3CC[C@]12C. The van der Waals surface area contributed by atoms with Gasteiger partial charge >= 0.3 is 10.4 Å². The maximum atomic E-state index is 12.6. The fraction of sp³-hybridized carbons (Fsp3) is 0.926. The van der Waals surface area contributed by atoms with Gasteiger partial charge in [0, 0.05) is 11.8 Å². The van der Waals surface area contributed by atoms with E-state index in [0.717, 1.165) is 0 Å². The average molecular weight is 563 g/mol. The molecule has 0 amide bonds. The highest BCUT2D eigenvalue weighted by atomic mass is 32.3. The number of rotatable bonds is 8. The molecular weight excluding hydrogens is 516 g/mol. The first-order valence-electron chi connectivity index (χ1n) is 13.9. The molecule has 11 heteroatoms. The van der Waals surface area contributed by atoms with Crippen LogP contribution in [-0.4, -0.2) is 85.8 Å². The van der Waals surface area contributed by atoms with E-state index in [9.17, 15) is 43.6 Å². The molecule has 4 rings (SSSR count). The first-order valence-corrected chi connectivity index (χ1v) is 15.2. The molecule has 4 aliphatic carbocycles. The molecule has 0 saturated heterocycles. The van der Waals surface area contributed by atoms with Gasteiger partial charge in [-0.15, -0.1) is 0 Å². The van der Waals surface area contributed by atoms with Crippen molar-refractivity contribution in [1.29, 1.82) is 0 Å². The van der Waals surface area contributed by atoms with Crippen LogP contribution in [0.5, 0.6) is 0 Å². The summed E-state index contributed by atoms with van der Waals surface area (Å²) in [5.74, 6) is -1.24. The van der Waals surface area contributed by atoms with Crippen LogP contribution in [0, 0.1) is 34.5 Å². The van der Waals surface area contributed by atoms with E-state index in [0.29, 0.717) is 50.5 Å². The van der Waals surface area contributed by atoms with Gasteiger partial charge < -0.3 is 30.6 Å². The Hall–Kier alpha value is -0.630. The summed E-state index contributed by atoms with van der Waals surface area (Å²) in [6.07, 6.45) is -0.824. The van der Waals surface area contributed by atoms with Crippen LogP contribution in [0.15, 0.2) is 12.2 Å². The van der Waals surface area contributed by atoms with Crippen molar-refractivity contribution in [3.05, 3.63) is 12.2 Å². The summed E-state index contributed by atoms with van der Waals surface area (Å²) in [5.41, 5.74) is -5.32. The summed E-state index contributed by atoms with van der Waals surface area (Å²) in [6, 6.07) is 0. The van der Waals surface area contributed by atoms with Gasteiger partial charge in [0.05, 0.1) is 24.9 Å². The molecule has 12 atom stereocenters. The van der Waals surface area contributed by atoms with Gasteiger partial charge in [-0.3, -0.25) is 4.55 Å². The van der Waals surface area contributed by atoms with Crippen molar-refractivity contribution < 1.29 is 47.8 Å². The molecule has 38 heavy (non-hydrogen) atoms. The van der Waals surface area contributed by atoms with Gasteiger partial charge in [-0.1, -0.05) is 27.4 Å². The van der Waals surface area contributed by atoms with Crippen molar-refractivity contribution >= 4 is 10.4 Å². The first-order chi connectivity index (χ1) is 17.4. The van der Waals surface area contributed by atoms with Crippen LogP contribution in [0.3, 0.4) is 0 Å². The molecule has 4 saturated carbocycles. The zero-order valence-electron chi connectivity index (χ0n) is 22.7. The Morgan fingerprint density at radius 3 is 2.37 bits per heavy atom. The van der Waals surface area contributed by atoms with E-state index in [1.54, 1.807) is 0 Å². The van der Waals surface area contributed by atoms with Crippen molar-refractivity contribution in [3.63, 3.8) is 0 Å². The number of hydrogen-bond donors (Lipinski definition) is 7. The van der Waals surface area contributed by atoms with Crippen molar-refractivity contribution in [3.8, 4) is 0 Å². The summed E-state index contributed by atoms with van der Waals surface area (Å²) in [7, 11) is -4.98. The summed E-state index contributed by atoms with van der Waals surface area (Å²) in [4.78, 5) is 0. The molecule has 0 aromatic heterocycles. The van der Waals surface area contributed by atoms with Gasteiger partial charge in [-0.25, -0.2) is 4.18 Å². The number of aliphatic hydroxyl groups is 6. The van der Waals surface area contributed by atoms with Gasteiger partial charge in [-0.05, 0) is 86.0 Å². The predicted molar refractivity (Wildman–Crippen MR) is 138 cm³/mol. The van der Waals surface area contributed by atoms with Gasteiger partial charge in [-0.2, -0.15) is 8.42 Å². The van der Waals surface area contributed by atoms with E-state index in [2.05, 4.69) is 6.58 Å². The maximum absolute atomic E-state index is 12.6. The van der Waals surface area contributed by atoms with Crippen LogP contribution in [-0.2, 0) is 14.6 Å². The summed E-state index contributed by atoms with van der Waals surface area (Å²) >= 11 is 0. The van der Waals surface area contributed by atoms with E-state index < -0.39 is 62.8 Å². The topological polar surface area (TPSA) is 185 Å². The number of hydrogen-bond acceptors (Lipinski definition) is 9. The van der Waals surface area contributed by atoms with E-state index in [-0.39, 0.29) is 37.2 Å². The van der Waals surface area contributed by atoms with E-state index in [1.165, 1.54) is 0 Å². The van der Waals surface area contributed by atoms with Gasteiger partial charge in [0.1, 0.15) is 17.3 Å². The molecule has 0 spiro atoms. The van der Waals surface area contributed by atoms with E-state index >= 15 is 0 Å². The molecule has 0 aromatic rings. The Balaban J connectivity index is 1.74. The minimum absolute atomic E-state index is 0.0506. The Morgan fingerprint density at radius 1 is 1.11 bits per heavy atom. The highest BCUT2D eigenvalue weighted by Crippen LogP contribution is 2.71. The second-order valence-electron chi connectivity index (χ2n) is 13.3. The quantitative estimate of drug-likeness (QED) is 0.168. The second-order valence-corrected chi connectivity index (χ2v) is 14.3. The van der Waals surface area contributed by atoms with Gasteiger partial charge in [0.2, 0.25) is 0 Å². The lowest BCUT2D eigenvalue weighted by atomic mass is 9.40. The average Bonchev–Trinajstić information content (AvgIpc) is 3.05. The Morgan fingerprint density at radius 2 is 1.76 bits per heavy atom. The van der Waals surface area contributed by atoms with Gasteiger partial charge in [0.25, 0.3) is 0 Å². The standard InChI is InChI=1S/C27H46O10S/c1-15(5-6-20(30)16(2)14-28)18-12-23(37-38(34,35)36)27(33)25(18,4)10-8-22-24(3)9-7-17(29)11-19(24)21(31)13-26(22,27)32/h15,17-23,28-33H,2,5-14H2,1,3-4H3,(H,34,35,36)/t15-,17+,18-,19-,20?,21+,22?,23+,24+,25-,26+,27+/m1/s1. The van der Waals surface area contributed by atoms with Crippen LogP contribution in [0.25, 0.3) is 0 Å². The van der Waals surface area contributed by atoms with Crippen molar-refractivity contribution in [1.82, 2.24) is 0 Å². The molecule has 0 aliphatic heterocycles. The van der Waals surface area contributed by atoms with Crippen LogP contribution in [0.4, 0.5) is 0 Å². The normalized spacial score (nSPS) is 48.5. The summed E-state index contributed by atoms with van der Waals surface area (Å²) in [6.45, 7) is 9.07. The molecule has 0 radical (unpaired) electrons. The fourth-order valence-electron chi connectivity index (χ4n) is 9.46.